The van der Waals surface area contributed by atoms with Gasteiger partial charge in [0.25, 0.3) is 0 Å². The number of nitrogens with one attached hydrogen (secondary N) is 1. The number of rotatable bonds is 5. The van der Waals surface area contributed by atoms with Gasteiger partial charge in [0.1, 0.15) is 5.82 Å². The molecule has 1 aromatic rings. The monoisotopic (exact) mass is 273 g/mol. The highest BCUT2D eigenvalue weighted by Crippen LogP contribution is 2.10. The SMILES string of the molecule is CC(C)(C)NCC(O)CS(=O)c1cccc(F)c1. The molecule has 1 aromatic carbocycles. The van der Waals surface area contributed by atoms with Crippen molar-refractivity contribution >= 4 is 10.8 Å². The van der Waals surface area contributed by atoms with Gasteiger partial charge < -0.3 is 10.4 Å². The zero-order valence-electron chi connectivity index (χ0n) is 10.9. The maximum Gasteiger partial charge on any atom is 0.124 e. The van der Waals surface area contributed by atoms with Crippen LogP contribution in [0.25, 0.3) is 0 Å². The second kappa shape index (κ2) is 6.41. The summed E-state index contributed by atoms with van der Waals surface area (Å²) in [6, 6.07) is 5.66. The van der Waals surface area contributed by atoms with Crippen molar-refractivity contribution in [1.82, 2.24) is 5.32 Å². The fraction of sp³-hybridized carbons (Fsp3) is 0.538. The van der Waals surface area contributed by atoms with Crippen LogP contribution in [0.4, 0.5) is 4.39 Å². The van der Waals surface area contributed by atoms with Crippen LogP contribution in [-0.4, -0.2) is 33.3 Å². The summed E-state index contributed by atoms with van der Waals surface area (Å²) in [6.07, 6.45) is -0.715. The van der Waals surface area contributed by atoms with E-state index in [1.54, 1.807) is 6.07 Å². The topological polar surface area (TPSA) is 49.3 Å². The predicted molar refractivity (Wildman–Crippen MR) is 71.4 cm³/mol. The molecule has 0 bridgehead atoms. The second-order valence-electron chi connectivity index (χ2n) is 5.25. The van der Waals surface area contributed by atoms with Gasteiger partial charge in [0.15, 0.2) is 0 Å². The van der Waals surface area contributed by atoms with E-state index in [0.717, 1.165) is 0 Å². The lowest BCUT2D eigenvalue weighted by atomic mass is 10.1. The standard InChI is InChI=1S/C13H20FNO2S/c1-13(2,3)15-8-11(16)9-18(17)12-6-4-5-10(14)7-12/h4-7,11,15-16H,8-9H2,1-3H3. The normalized spacial score (nSPS) is 15.4. The molecule has 2 N–H and O–H groups in total. The van der Waals surface area contributed by atoms with Gasteiger partial charge in [0, 0.05) is 17.0 Å². The van der Waals surface area contributed by atoms with Crippen LogP contribution < -0.4 is 5.32 Å². The maximum atomic E-state index is 13.0. The molecule has 0 aliphatic heterocycles. The molecular weight excluding hydrogens is 253 g/mol. The molecule has 102 valence electrons. The van der Waals surface area contributed by atoms with Gasteiger partial charge in [-0.25, -0.2) is 4.39 Å². The van der Waals surface area contributed by atoms with E-state index in [2.05, 4.69) is 5.32 Å². The second-order valence-corrected chi connectivity index (χ2v) is 6.75. The third-order valence-electron chi connectivity index (χ3n) is 2.27. The van der Waals surface area contributed by atoms with Crippen molar-refractivity contribution in [1.29, 1.82) is 0 Å². The van der Waals surface area contributed by atoms with Gasteiger partial charge in [0.2, 0.25) is 0 Å². The molecule has 0 aromatic heterocycles. The average Bonchev–Trinajstić information content (AvgIpc) is 2.25. The summed E-state index contributed by atoms with van der Waals surface area (Å²) in [5.41, 5.74) is -0.0959. The summed E-state index contributed by atoms with van der Waals surface area (Å²) in [5.74, 6) is -0.310. The number of halogens is 1. The third-order valence-corrected chi connectivity index (χ3v) is 3.74. The van der Waals surface area contributed by atoms with Crippen molar-refractivity contribution < 1.29 is 13.7 Å². The molecule has 0 spiro atoms. The highest BCUT2D eigenvalue weighted by atomic mass is 32.2. The Morgan fingerprint density at radius 3 is 2.67 bits per heavy atom. The van der Waals surface area contributed by atoms with E-state index in [9.17, 15) is 13.7 Å². The molecule has 3 nitrogen and oxygen atoms in total. The molecule has 1 rings (SSSR count). The van der Waals surface area contributed by atoms with Crippen LogP contribution in [0.5, 0.6) is 0 Å². The largest absolute Gasteiger partial charge is 0.391 e. The van der Waals surface area contributed by atoms with Gasteiger partial charge in [-0.2, -0.15) is 0 Å². The number of aliphatic hydroxyl groups is 1. The molecule has 2 unspecified atom stereocenters. The first kappa shape index (κ1) is 15.3. The molecular formula is C13H20FNO2S. The Balaban J connectivity index is 2.50. The van der Waals surface area contributed by atoms with Gasteiger partial charge in [-0.1, -0.05) is 6.07 Å². The van der Waals surface area contributed by atoms with Gasteiger partial charge in [-0.3, -0.25) is 4.21 Å². The lowest BCUT2D eigenvalue weighted by molar-refractivity contribution is 0.182. The number of β-amino-alcohol motifs (C(OH)–C–C–N with tert-alkyl or cyclic N) is 1. The smallest absolute Gasteiger partial charge is 0.124 e. The zero-order valence-corrected chi connectivity index (χ0v) is 11.8. The van der Waals surface area contributed by atoms with Crippen LogP contribution in [-0.2, 0) is 10.8 Å². The van der Waals surface area contributed by atoms with Crippen LogP contribution in [0.2, 0.25) is 0 Å². The summed E-state index contributed by atoms with van der Waals surface area (Å²) in [4.78, 5) is 0.407. The van der Waals surface area contributed by atoms with Gasteiger partial charge in [-0.15, -0.1) is 0 Å². The molecule has 0 saturated heterocycles. The Morgan fingerprint density at radius 2 is 2.11 bits per heavy atom. The quantitative estimate of drug-likeness (QED) is 0.858. The van der Waals surface area contributed by atoms with E-state index in [-0.39, 0.29) is 11.3 Å². The van der Waals surface area contributed by atoms with Crippen LogP contribution >= 0.6 is 0 Å². The van der Waals surface area contributed by atoms with Crippen molar-refractivity contribution in [3.63, 3.8) is 0 Å². The van der Waals surface area contributed by atoms with Crippen molar-refractivity contribution in [2.45, 2.75) is 37.3 Å². The Hall–Kier alpha value is -0.780. The predicted octanol–water partition coefficient (Wildman–Crippen LogP) is 1.68. The fourth-order valence-corrected chi connectivity index (χ4v) is 2.50. The van der Waals surface area contributed by atoms with Crippen molar-refractivity contribution in [3.05, 3.63) is 30.1 Å². The molecule has 18 heavy (non-hydrogen) atoms. The van der Waals surface area contributed by atoms with E-state index < -0.39 is 22.7 Å². The van der Waals surface area contributed by atoms with Crippen molar-refractivity contribution in [3.8, 4) is 0 Å². The van der Waals surface area contributed by atoms with E-state index in [1.807, 2.05) is 20.8 Å². The van der Waals surface area contributed by atoms with Gasteiger partial charge in [0.05, 0.1) is 22.7 Å². The highest BCUT2D eigenvalue weighted by Gasteiger charge is 2.15. The number of aliphatic hydroxyl groups excluding tert-OH is 1. The van der Waals surface area contributed by atoms with Gasteiger partial charge in [-0.05, 0) is 39.0 Å². The minimum absolute atomic E-state index is 0.0959. The Labute approximate surface area is 110 Å². The van der Waals surface area contributed by atoms with E-state index >= 15 is 0 Å². The zero-order chi connectivity index (χ0) is 13.8. The average molecular weight is 273 g/mol. The number of benzene rings is 1. The minimum Gasteiger partial charge on any atom is -0.391 e. The molecule has 0 heterocycles. The lowest BCUT2D eigenvalue weighted by Crippen LogP contribution is -2.42. The summed E-state index contributed by atoms with van der Waals surface area (Å²) in [7, 11) is -1.38. The van der Waals surface area contributed by atoms with Crippen LogP contribution in [0.15, 0.2) is 29.2 Å². The molecule has 0 radical (unpaired) electrons. The summed E-state index contributed by atoms with van der Waals surface area (Å²) < 4.78 is 24.8. The van der Waals surface area contributed by atoms with Crippen LogP contribution in [0.1, 0.15) is 20.8 Å². The maximum absolute atomic E-state index is 13.0. The first-order valence-corrected chi connectivity index (χ1v) is 7.17. The lowest BCUT2D eigenvalue weighted by Gasteiger charge is -2.22. The molecule has 5 heteroatoms. The van der Waals surface area contributed by atoms with Crippen LogP contribution in [0.3, 0.4) is 0 Å². The van der Waals surface area contributed by atoms with Crippen molar-refractivity contribution in [2.24, 2.45) is 0 Å². The highest BCUT2D eigenvalue weighted by molar-refractivity contribution is 7.85. The molecule has 0 amide bonds. The number of hydrogen-bond donors (Lipinski definition) is 2. The first-order chi connectivity index (χ1) is 8.28. The van der Waals surface area contributed by atoms with Crippen molar-refractivity contribution in [2.75, 3.05) is 12.3 Å². The molecule has 0 aliphatic carbocycles. The van der Waals surface area contributed by atoms with E-state index in [0.29, 0.717) is 11.4 Å². The Kier molecular flexibility index (Phi) is 5.44. The van der Waals surface area contributed by atoms with E-state index in [4.69, 9.17) is 0 Å². The molecule has 0 saturated carbocycles. The first-order valence-electron chi connectivity index (χ1n) is 5.85. The van der Waals surface area contributed by atoms with Gasteiger partial charge >= 0.3 is 0 Å². The Bertz CT molecular complexity index is 418. The molecule has 2 atom stereocenters. The molecule has 0 aliphatic rings. The van der Waals surface area contributed by atoms with Crippen LogP contribution in [0, 0.1) is 5.82 Å². The third kappa shape index (κ3) is 5.71. The fourth-order valence-electron chi connectivity index (χ4n) is 1.36. The summed E-state index contributed by atoms with van der Waals surface area (Å²) in [6.45, 7) is 6.33. The summed E-state index contributed by atoms with van der Waals surface area (Å²) in [5, 5.41) is 12.9. The minimum atomic E-state index is -1.38. The molecule has 0 fully saturated rings. The number of hydrogen-bond acceptors (Lipinski definition) is 3. The summed E-state index contributed by atoms with van der Waals surface area (Å²) >= 11 is 0. The van der Waals surface area contributed by atoms with E-state index in [1.165, 1.54) is 18.2 Å². The Morgan fingerprint density at radius 1 is 1.44 bits per heavy atom.